The van der Waals surface area contributed by atoms with Crippen LogP contribution in [-0.2, 0) is 6.61 Å². The summed E-state index contributed by atoms with van der Waals surface area (Å²) in [6.45, 7) is 12.7. The summed E-state index contributed by atoms with van der Waals surface area (Å²) in [4.78, 5) is 0. The molecule has 92 valence electrons. The Morgan fingerprint density at radius 2 is 1.94 bits per heavy atom. The molecule has 0 saturated heterocycles. The molecule has 0 aliphatic carbocycles. The molecule has 0 aliphatic rings. The van der Waals surface area contributed by atoms with Gasteiger partial charge in [-0.25, -0.2) is 0 Å². The average molecular weight is 242 g/mol. The fourth-order valence-electron chi connectivity index (χ4n) is 1.10. The summed E-state index contributed by atoms with van der Waals surface area (Å²) >= 11 is 0. The lowest BCUT2D eigenvalue weighted by Gasteiger charge is -2.35. The summed E-state index contributed by atoms with van der Waals surface area (Å²) in [5.41, 5.74) is 0.941. The molecule has 1 rings (SSSR count). The largest absolute Gasteiger partial charge is 0.519 e. The molecule has 1 aromatic heterocycles. The van der Waals surface area contributed by atoms with Crippen molar-refractivity contribution in [1.82, 2.24) is 0 Å². The standard InChI is InChI=1S/C12H22O3Si/c1-9-7-11(14-10(9)8-13)15-16(5,6)12(2,3)4/h7,13H,8H2,1-6H3. The number of rotatable bonds is 3. The first-order valence-electron chi connectivity index (χ1n) is 5.56. The first-order chi connectivity index (χ1) is 7.17. The quantitative estimate of drug-likeness (QED) is 0.825. The Kier molecular flexibility index (Phi) is 3.55. The van der Waals surface area contributed by atoms with Crippen molar-refractivity contribution in [2.75, 3.05) is 0 Å². The predicted molar refractivity (Wildman–Crippen MR) is 67.2 cm³/mol. The highest BCUT2D eigenvalue weighted by atomic mass is 28.4. The van der Waals surface area contributed by atoms with E-state index in [1.54, 1.807) is 0 Å². The Balaban J connectivity index is 2.88. The zero-order valence-corrected chi connectivity index (χ0v) is 12.0. The third-order valence-corrected chi connectivity index (χ3v) is 7.63. The van der Waals surface area contributed by atoms with Crippen LogP contribution in [-0.4, -0.2) is 13.4 Å². The van der Waals surface area contributed by atoms with Gasteiger partial charge in [0.1, 0.15) is 12.4 Å². The molecule has 0 aliphatic heterocycles. The van der Waals surface area contributed by atoms with Crippen LogP contribution in [0.1, 0.15) is 32.1 Å². The summed E-state index contributed by atoms with van der Waals surface area (Å²) < 4.78 is 11.4. The smallest absolute Gasteiger partial charge is 0.271 e. The zero-order valence-electron chi connectivity index (χ0n) is 11.0. The minimum Gasteiger partial charge on any atom is -0.519 e. The highest BCUT2D eigenvalue weighted by molar-refractivity contribution is 6.74. The maximum absolute atomic E-state index is 9.05. The minimum absolute atomic E-state index is 0.0767. The molecular formula is C12H22O3Si. The average Bonchev–Trinajstić information content (AvgIpc) is 2.43. The van der Waals surface area contributed by atoms with E-state index in [0.717, 1.165) is 5.56 Å². The Hall–Kier alpha value is -0.743. The van der Waals surface area contributed by atoms with Crippen LogP contribution in [0.3, 0.4) is 0 Å². The van der Waals surface area contributed by atoms with Gasteiger partial charge in [-0.1, -0.05) is 20.8 Å². The van der Waals surface area contributed by atoms with Gasteiger partial charge in [-0.2, -0.15) is 0 Å². The van der Waals surface area contributed by atoms with E-state index in [1.807, 2.05) is 13.0 Å². The van der Waals surface area contributed by atoms with Gasteiger partial charge in [-0.15, -0.1) is 0 Å². The molecule has 4 heteroatoms. The van der Waals surface area contributed by atoms with Gasteiger partial charge < -0.3 is 13.9 Å². The van der Waals surface area contributed by atoms with Gasteiger partial charge in [0.2, 0.25) is 0 Å². The van der Waals surface area contributed by atoms with Gasteiger partial charge in [0.15, 0.2) is 0 Å². The minimum atomic E-state index is -1.84. The van der Waals surface area contributed by atoms with Crippen LogP contribution in [0, 0.1) is 6.92 Å². The summed E-state index contributed by atoms with van der Waals surface area (Å²) in [5, 5.41) is 9.20. The first kappa shape index (κ1) is 13.3. The topological polar surface area (TPSA) is 42.6 Å². The van der Waals surface area contributed by atoms with Gasteiger partial charge in [0, 0.05) is 6.07 Å². The Morgan fingerprint density at radius 3 is 2.31 bits per heavy atom. The van der Waals surface area contributed by atoms with Crippen molar-refractivity contribution in [2.45, 2.75) is 52.4 Å². The van der Waals surface area contributed by atoms with E-state index >= 15 is 0 Å². The van der Waals surface area contributed by atoms with Crippen molar-refractivity contribution in [3.8, 4) is 5.95 Å². The number of hydrogen-bond donors (Lipinski definition) is 1. The van der Waals surface area contributed by atoms with E-state index in [2.05, 4.69) is 33.9 Å². The molecule has 0 bridgehead atoms. The van der Waals surface area contributed by atoms with Crippen LogP contribution in [0.2, 0.25) is 18.1 Å². The molecule has 0 aromatic carbocycles. The van der Waals surface area contributed by atoms with E-state index in [1.165, 1.54) is 0 Å². The maximum Gasteiger partial charge on any atom is 0.271 e. The van der Waals surface area contributed by atoms with E-state index in [0.29, 0.717) is 11.7 Å². The molecular weight excluding hydrogens is 220 g/mol. The number of hydrogen-bond acceptors (Lipinski definition) is 3. The van der Waals surface area contributed by atoms with Crippen LogP contribution in [0.15, 0.2) is 10.5 Å². The molecule has 0 spiro atoms. The monoisotopic (exact) mass is 242 g/mol. The molecule has 0 radical (unpaired) electrons. The Labute approximate surface area is 98.6 Å². The van der Waals surface area contributed by atoms with Gasteiger partial charge in [0.25, 0.3) is 14.3 Å². The second-order valence-electron chi connectivity index (χ2n) is 5.69. The lowest BCUT2D eigenvalue weighted by molar-refractivity contribution is 0.233. The van der Waals surface area contributed by atoms with Crippen LogP contribution < -0.4 is 4.43 Å². The lowest BCUT2D eigenvalue weighted by Crippen LogP contribution is -2.43. The molecule has 16 heavy (non-hydrogen) atoms. The molecule has 1 aromatic rings. The van der Waals surface area contributed by atoms with Crippen molar-refractivity contribution in [1.29, 1.82) is 0 Å². The second-order valence-corrected chi connectivity index (χ2v) is 10.4. The number of furan rings is 1. The van der Waals surface area contributed by atoms with Crippen LogP contribution >= 0.6 is 0 Å². The molecule has 0 unspecified atom stereocenters. The summed E-state index contributed by atoms with van der Waals surface area (Å²) in [5.74, 6) is 1.13. The van der Waals surface area contributed by atoms with Crippen molar-refractivity contribution in [2.24, 2.45) is 0 Å². The number of aliphatic hydroxyl groups excluding tert-OH is 1. The van der Waals surface area contributed by atoms with E-state index in [-0.39, 0.29) is 11.6 Å². The van der Waals surface area contributed by atoms with Crippen LogP contribution in [0.4, 0.5) is 0 Å². The molecule has 0 atom stereocenters. The Bertz CT molecular complexity index is 361. The van der Waals surface area contributed by atoms with Crippen LogP contribution in [0.25, 0.3) is 0 Å². The van der Waals surface area contributed by atoms with Crippen molar-refractivity contribution < 1.29 is 13.9 Å². The van der Waals surface area contributed by atoms with Gasteiger partial charge in [-0.05, 0) is 30.6 Å². The summed E-state index contributed by atoms with van der Waals surface area (Å²) in [7, 11) is -1.84. The normalized spacial score (nSPS) is 12.9. The summed E-state index contributed by atoms with van der Waals surface area (Å²) in [6, 6.07) is 1.85. The lowest BCUT2D eigenvalue weighted by atomic mass is 10.2. The number of aliphatic hydroxyl groups is 1. The molecule has 0 amide bonds. The summed E-state index contributed by atoms with van der Waals surface area (Å²) in [6.07, 6.45) is 0. The highest BCUT2D eigenvalue weighted by Crippen LogP contribution is 2.38. The van der Waals surface area contributed by atoms with Gasteiger partial charge in [0.05, 0.1) is 0 Å². The molecule has 3 nitrogen and oxygen atoms in total. The molecule has 0 fully saturated rings. The van der Waals surface area contributed by atoms with Crippen molar-refractivity contribution >= 4 is 8.32 Å². The van der Waals surface area contributed by atoms with Crippen molar-refractivity contribution in [3.63, 3.8) is 0 Å². The van der Waals surface area contributed by atoms with Crippen LogP contribution in [0.5, 0.6) is 5.95 Å². The second kappa shape index (κ2) is 4.26. The SMILES string of the molecule is Cc1cc(O[Si](C)(C)C(C)(C)C)oc1CO. The molecule has 0 saturated carbocycles. The first-order valence-corrected chi connectivity index (χ1v) is 8.47. The zero-order chi connectivity index (χ0) is 12.6. The third-order valence-electron chi connectivity index (χ3n) is 3.30. The van der Waals surface area contributed by atoms with E-state index in [4.69, 9.17) is 13.9 Å². The van der Waals surface area contributed by atoms with Gasteiger partial charge >= 0.3 is 0 Å². The third kappa shape index (κ3) is 2.68. The van der Waals surface area contributed by atoms with E-state index < -0.39 is 8.32 Å². The molecule has 1 heterocycles. The van der Waals surface area contributed by atoms with Crippen molar-refractivity contribution in [3.05, 3.63) is 17.4 Å². The predicted octanol–water partition coefficient (Wildman–Crippen LogP) is 3.46. The number of aryl methyl sites for hydroxylation is 1. The maximum atomic E-state index is 9.05. The fourth-order valence-corrected chi connectivity index (χ4v) is 2.01. The Morgan fingerprint density at radius 1 is 1.38 bits per heavy atom. The highest BCUT2D eigenvalue weighted by Gasteiger charge is 2.39. The van der Waals surface area contributed by atoms with Gasteiger partial charge in [-0.3, -0.25) is 0 Å². The molecule has 1 N–H and O–H groups in total. The van der Waals surface area contributed by atoms with E-state index in [9.17, 15) is 0 Å². The fraction of sp³-hybridized carbons (Fsp3) is 0.667.